The topological polar surface area (TPSA) is 23.5 Å². The first-order valence-electron chi connectivity index (χ1n) is 6.51. The Bertz CT molecular complexity index is 215. The van der Waals surface area contributed by atoms with Crippen molar-refractivity contribution in [2.75, 3.05) is 13.1 Å². The molecule has 1 saturated carbocycles. The highest BCUT2D eigenvalue weighted by Crippen LogP contribution is 2.33. The molecule has 0 aromatic rings. The van der Waals surface area contributed by atoms with E-state index in [9.17, 15) is 5.11 Å². The summed E-state index contributed by atoms with van der Waals surface area (Å²) in [5.41, 5.74) is 0.464. The molecule has 0 radical (unpaired) electrons. The van der Waals surface area contributed by atoms with E-state index in [0.29, 0.717) is 11.5 Å². The van der Waals surface area contributed by atoms with Gasteiger partial charge in [-0.25, -0.2) is 0 Å². The average Bonchev–Trinajstić information content (AvgIpc) is 2.39. The number of aliphatic hydroxyl groups excluding tert-OH is 1. The zero-order chi connectivity index (χ0) is 10.9. The molecule has 2 aliphatic rings. The summed E-state index contributed by atoms with van der Waals surface area (Å²) in [6.07, 6.45) is 7.27. The highest BCUT2D eigenvalue weighted by atomic mass is 16.3. The number of likely N-dealkylation sites (tertiary alicyclic amines) is 1. The molecule has 2 nitrogen and oxygen atoms in total. The van der Waals surface area contributed by atoms with Crippen molar-refractivity contribution in [3.8, 4) is 0 Å². The van der Waals surface area contributed by atoms with E-state index in [4.69, 9.17) is 0 Å². The molecule has 0 aromatic carbocycles. The van der Waals surface area contributed by atoms with E-state index in [-0.39, 0.29) is 6.10 Å². The molecule has 88 valence electrons. The molecule has 2 heteroatoms. The van der Waals surface area contributed by atoms with Crippen LogP contribution in [0.15, 0.2) is 0 Å². The standard InChI is InChI=1S/C13H25NO/c1-13(2)8-9-14(10-13)11-6-4-3-5-7-12(11)15/h11-12,15H,3-10H2,1-2H3. The minimum absolute atomic E-state index is 0.0681. The fourth-order valence-corrected chi connectivity index (χ4v) is 3.13. The lowest BCUT2D eigenvalue weighted by Gasteiger charge is -2.31. The molecule has 2 atom stereocenters. The second-order valence-corrected chi connectivity index (χ2v) is 6.16. The molecular weight excluding hydrogens is 186 g/mol. The van der Waals surface area contributed by atoms with Gasteiger partial charge in [-0.05, 0) is 31.2 Å². The Morgan fingerprint density at radius 3 is 2.53 bits per heavy atom. The predicted molar refractivity (Wildman–Crippen MR) is 62.9 cm³/mol. The maximum atomic E-state index is 10.1. The van der Waals surface area contributed by atoms with Gasteiger partial charge >= 0.3 is 0 Å². The van der Waals surface area contributed by atoms with E-state index < -0.39 is 0 Å². The van der Waals surface area contributed by atoms with Gasteiger partial charge in [0.15, 0.2) is 0 Å². The third kappa shape index (κ3) is 2.73. The smallest absolute Gasteiger partial charge is 0.0695 e. The molecule has 1 aliphatic carbocycles. The van der Waals surface area contributed by atoms with Gasteiger partial charge in [-0.3, -0.25) is 4.90 Å². The van der Waals surface area contributed by atoms with Crippen molar-refractivity contribution < 1.29 is 5.11 Å². The molecule has 1 heterocycles. The Kier molecular flexibility index (Phi) is 3.36. The van der Waals surface area contributed by atoms with Crippen LogP contribution >= 0.6 is 0 Å². The summed E-state index contributed by atoms with van der Waals surface area (Å²) in [7, 11) is 0. The summed E-state index contributed by atoms with van der Waals surface area (Å²) in [5.74, 6) is 0. The van der Waals surface area contributed by atoms with E-state index in [1.54, 1.807) is 0 Å². The van der Waals surface area contributed by atoms with Crippen LogP contribution in [0.3, 0.4) is 0 Å². The Hall–Kier alpha value is -0.0800. The van der Waals surface area contributed by atoms with Gasteiger partial charge in [0.25, 0.3) is 0 Å². The molecule has 2 rings (SSSR count). The number of rotatable bonds is 1. The summed E-state index contributed by atoms with van der Waals surface area (Å²) in [5, 5.41) is 10.1. The van der Waals surface area contributed by atoms with E-state index in [0.717, 1.165) is 6.42 Å². The van der Waals surface area contributed by atoms with E-state index in [1.165, 1.54) is 45.2 Å². The van der Waals surface area contributed by atoms with Gasteiger partial charge in [-0.2, -0.15) is 0 Å². The highest BCUT2D eigenvalue weighted by molar-refractivity contribution is 4.90. The van der Waals surface area contributed by atoms with Crippen LogP contribution in [0, 0.1) is 5.41 Å². The summed E-state index contributed by atoms with van der Waals surface area (Å²) in [4.78, 5) is 2.54. The molecule has 1 N–H and O–H groups in total. The third-order valence-corrected chi connectivity index (χ3v) is 4.12. The fraction of sp³-hybridized carbons (Fsp3) is 1.00. The SMILES string of the molecule is CC1(C)CCN(C2CCCCCC2O)C1. The lowest BCUT2D eigenvalue weighted by atomic mass is 9.93. The van der Waals surface area contributed by atoms with Gasteiger partial charge in [0, 0.05) is 12.6 Å². The number of nitrogens with zero attached hydrogens (tertiary/aromatic N) is 1. The summed E-state index contributed by atoms with van der Waals surface area (Å²) in [6, 6.07) is 0.453. The first-order chi connectivity index (χ1) is 7.08. The van der Waals surface area contributed by atoms with Gasteiger partial charge in [-0.1, -0.05) is 33.1 Å². The van der Waals surface area contributed by atoms with Crippen LogP contribution in [0.25, 0.3) is 0 Å². The molecule has 0 bridgehead atoms. The van der Waals surface area contributed by atoms with Crippen LogP contribution in [-0.4, -0.2) is 35.2 Å². The molecule has 0 aromatic heterocycles. The van der Waals surface area contributed by atoms with Crippen LogP contribution in [0.2, 0.25) is 0 Å². The van der Waals surface area contributed by atoms with E-state index >= 15 is 0 Å². The monoisotopic (exact) mass is 211 g/mol. The summed E-state index contributed by atoms with van der Waals surface area (Å²) >= 11 is 0. The van der Waals surface area contributed by atoms with Crippen LogP contribution in [0.5, 0.6) is 0 Å². The summed E-state index contributed by atoms with van der Waals surface area (Å²) in [6.45, 7) is 7.05. The zero-order valence-electron chi connectivity index (χ0n) is 10.2. The van der Waals surface area contributed by atoms with Crippen molar-refractivity contribution in [2.45, 2.75) is 64.5 Å². The minimum Gasteiger partial charge on any atom is -0.391 e. The molecule has 2 fully saturated rings. The maximum absolute atomic E-state index is 10.1. The van der Waals surface area contributed by atoms with Crippen LogP contribution in [0.4, 0.5) is 0 Å². The summed E-state index contributed by atoms with van der Waals surface area (Å²) < 4.78 is 0. The molecule has 0 amide bonds. The number of aliphatic hydroxyl groups is 1. The lowest BCUT2D eigenvalue weighted by Crippen LogP contribution is -2.42. The molecule has 1 aliphatic heterocycles. The highest BCUT2D eigenvalue weighted by Gasteiger charge is 2.36. The van der Waals surface area contributed by atoms with Crippen molar-refractivity contribution in [3.05, 3.63) is 0 Å². The first-order valence-corrected chi connectivity index (χ1v) is 6.51. The maximum Gasteiger partial charge on any atom is 0.0695 e. The Balaban J connectivity index is 1.96. The van der Waals surface area contributed by atoms with Crippen molar-refractivity contribution in [1.29, 1.82) is 0 Å². The molecule has 1 saturated heterocycles. The molecule has 2 unspecified atom stereocenters. The Morgan fingerprint density at radius 2 is 1.87 bits per heavy atom. The van der Waals surface area contributed by atoms with Crippen LogP contribution in [0.1, 0.15) is 52.4 Å². The van der Waals surface area contributed by atoms with Crippen molar-refractivity contribution in [2.24, 2.45) is 5.41 Å². The van der Waals surface area contributed by atoms with E-state index in [1.807, 2.05) is 0 Å². The largest absolute Gasteiger partial charge is 0.391 e. The second kappa shape index (κ2) is 4.42. The Morgan fingerprint density at radius 1 is 1.13 bits per heavy atom. The molecular formula is C13H25NO. The minimum atomic E-state index is -0.0681. The number of hydrogen-bond acceptors (Lipinski definition) is 2. The van der Waals surface area contributed by atoms with Crippen LogP contribution < -0.4 is 0 Å². The number of hydrogen-bond donors (Lipinski definition) is 1. The average molecular weight is 211 g/mol. The van der Waals surface area contributed by atoms with Gasteiger partial charge in [-0.15, -0.1) is 0 Å². The van der Waals surface area contributed by atoms with Crippen molar-refractivity contribution in [1.82, 2.24) is 4.90 Å². The van der Waals surface area contributed by atoms with Gasteiger partial charge in [0.1, 0.15) is 0 Å². The van der Waals surface area contributed by atoms with Gasteiger partial charge in [0.2, 0.25) is 0 Å². The zero-order valence-corrected chi connectivity index (χ0v) is 10.2. The third-order valence-electron chi connectivity index (χ3n) is 4.12. The van der Waals surface area contributed by atoms with E-state index in [2.05, 4.69) is 18.7 Å². The second-order valence-electron chi connectivity index (χ2n) is 6.16. The van der Waals surface area contributed by atoms with Crippen molar-refractivity contribution in [3.63, 3.8) is 0 Å². The first kappa shape index (κ1) is 11.4. The fourth-order valence-electron chi connectivity index (χ4n) is 3.13. The Labute approximate surface area is 93.7 Å². The van der Waals surface area contributed by atoms with Crippen molar-refractivity contribution >= 4 is 0 Å². The molecule has 0 spiro atoms. The molecule has 15 heavy (non-hydrogen) atoms. The van der Waals surface area contributed by atoms with Gasteiger partial charge < -0.3 is 5.11 Å². The quantitative estimate of drug-likeness (QED) is 0.673. The van der Waals surface area contributed by atoms with Gasteiger partial charge in [0.05, 0.1) is 6.10 Å². The normalized spacial score (nSPS) is 37.8. The van der Waals surface area contributed by atoms with Crippen LogP contribution in [-0.2, 0) is 0 Å². The lowest BCUT2D eigenvalue weighted by molar-refractivity contribution is 0.0522. The predicted octanol–water partition coefficient (Wildman–Crippen LogP) is 2.41.